The Hall–Kier alpha value is -1.02. The van der Waals surface area contributed by atoms with E-state index in [-0.39, 0.29) is 6.04 Å². The van der Waals surface area contributed by atoms with Gasteiger partial charge < -0.3 is 24.5 Å². The van der Waals surface area contributed by atoms with Crippen molar-refractivity contribution in [3.8, 4) is 0 Å². The summed E-state index contributed by atoms with van der Waals surface area (Å²) < 4.78 is 22.3. The van der Waals surface area contributed by atoms with Gasteiger partial charge in [0.15, 0.2) is 0 Å². The van der Waals surface area contributed by atoms with Crippen LogP contribution in [0.15, 0.2) is 4.52 Å². The minimum absolute atomic E-state index is 0.136. The lowest BCUT2D eigenvalue weighted by Gasteiger charge is -2.33. The molecule has 3 rings (SSSR count). The summed E-state index contributed by atoms with van der Waals surface area (Å²) in [5.74, 6) is 1.14. The Kier molecular flexibility index (Phi) is 4.00. The molecule has 7 heteroatoms. The van der Waals surface area contributed by atoms with E-state index in [4.69, 9.17) is 24.5 Å². The monoisotopic (exact) mass is 297 g/mol. The first-order chi connectivity index (χ1) is 10.1. The largest absolute Gasteiger partial charge is 0.381 e. The zero-order valence-electron chi connectivity index (χ0n) is 12.6. The lowest BCUT2D eigenvalue weighted by atomic mass is 9.85. The second-order valence-electron chi connectivity index (χ2n) is 6.00. The van der Waals surface area contributed by atoms with Crippen molar-refractivity contribution in [2.24, 2.45) is 5.73 Å². The van der Waals surface area contributed by atoms with Crippen LogP contribution in [0.25, 0.3) is 0 Å². The maximum absolute atomic E-state index is 6.12. The fourth-order valence-electron chi connectivity index (χ4n) is 2.96. The molecular weight excluding hydrogens is 274 g/mol. The van der Waals surface area contributed by atoms with E-state index >= 15 is 0 Å². The maximum atomic E-state index is 6.12. The van der Waals surface area contributed by atoms with Crippen LogP contribution in [0.1, 0.15) is 38.4 Å². The number of ether oxygens (including phenoxy) is 3. The molecule has 1 aromatic heterocycles. The van der Waals surface area contributed by atoms with Crippen molar-refractivity contribution >= 4 is 0 Å². The van der Waals surface area contributed by atoms with E-state index in [2.05, 4.69) is 10.1 Å². The molecule has 0 aliphatic carbocycles. The molecule has 2 aliphatic rings. The second kappa shape index (κ2) is 5.64. The highest BCUT2D eigenvalue weighted by Crippen LogP contribution is 2.37. The Morgan fingerprint density at radius 2 is 2.10 bits per heavy atom. The molecule has 2 atom stereocenters. The molecule has 7 nitrogen and oxygen atoms in total. The summed E-state index contributed by atoms with van der Waals surface area (Å²) in [6, 6.07) is -0.136. The molecule has 0 saturated carbocycles. The summed E-state index contributed by atoms with van der Waals surface area (Å²) in [7, 11) is 0. The van der Waals surface area contributed by atoms with Crippen molar-refractivity contribution in [3.63, 3.8) is 0 Å². The summed E-state index contributed by atoms with van der Waals surface area (Å²) in [6.45, 7) is 6.87. The van der Waals surface area contributed by atoms with E-state index in [9.17, 15) is 0 Å². The average molecular weight is 297 g/mol. The molecular formula is C14H23N3O4. The molecule has 2 saturated heterocycles. The summed E-state index contributed by atoms with van der Waals surface area (Å²) in [6.07, 6.45) is 1.47. The smallest absolute Gasteiger partial charge is 0.236 e. The van der Waals surface area contributed by atoms with Crippen molar-refractivity contribution in [2.75, 3.05) is 33.0 Å². The first-order valence-corrected chi connectivity index (χ1v) is 7.50. The molecule has 118 valence electrons. The van der Waals surface area contributed by atoms with Crippen LogP contribution >= 0.6 is 0 Å². The van der Waals surface area contributed by atoms with E-state index in [0.29, 0.717) is 44.7 Å². The third kappa shape index (κ3) is 2.48. The topological polar surface area (TPSA) is 92.6 Å². The molecule has 2 fully saturated rings. The number of hydrogen-bond donors (Lipinski definition) is 1. The van der Waals surface area contributed by atoms with Crippen molar-refractivity contribution in [1.29, 1.82) is 0 Å². The van der Waals surface area contributed by atoms with Crippen LogP contribution in [-0.2, 0) is 25.2 Å². The second-order valence-corrected chi connectivity index (χ2v) is 6.00. The predicted octanol–water partition coefficient (Wildman–Crippen LogP) is 0.727. The zero-order valence-corrected chi connectivity index (χ0v) is 12.6. The van der Waals surface area contributed by atoms with Gasteiger partial charge in [0.1, 0.15) is 5.60 Å². The van der Waals surface area contributed by atoms with Gasteiger partial charge in [-0.15, -0.1) is 0 Å². The van der Waals surface area contributed by atoms with Gasteiger partial charge in [0, 0.05) is 38.7 Å². The Morgan fingerprint density at radius 3 is 2.71 bits per heavy atom. The number of rotatable bonds is 4. The lowest BCUT2D eigenvalue weighted by molar-refractivity contribution is -0.118. The molecule has 2 unspecified atom stereocenters. The molecule has 0 radical (unpaired) electrons. The average Bonchev–Trinajstić information content (AvgIpc) is 3.10. The third-order valence-electron chi connectivity index (χ3n) is 4.56. The van der Waals surface area contributed by atoms with E-state index in [0.717, 1.165) is 12.8 Å². The molecule has 2 N–H and O–H groups in total. The maximum Gasteiger partial charge on any atom is 0.236 e. The van der Waals surface area contributed by atoms with Crippen molar-refractivity contribution in [2.45, 2.75) is 43.7 Å². The SMILES string of the molecule is CCOC1(c2noc(C3(C)COCC3N)n2)CCOCC1. The molecule has 2 aliphatic heterocycles. The number of aromatic nitrogens is 2. The Bertz CT molecular complexity index is 481. The predicted molar refractivity (Wildman–Crippen MR) is 73.8 cm³/mol. The molecule has 0 amide bonds. The molecule has 0 aromatic carbocycles. The zero-order chi connectivity index (χ0) is 14.9. The van der Waals surface area contributed by atoms with Gasteiger partial charge in [0.25, 0.3) is 0 Å². The van der Waals surface area contributed by atoms with E-state index < -0.39 is 11.0 Å². The summed E-state index contributed by atoms with van der Waals surface area (Å²) in [5, 5.41) is 4.18. The third-order valence-corrected chi connectivity index (χ3v) is 4.56. The number of hydrogen-bond acceptors (Lipinski definition) is 7. The van der Waals surface area contributed by atoms with Gasteiger partial charge in [-0.3, -0.25) is 0 Å². The van der Waals surface area contributed by atoms with Crippen LogP contribution in [0.2, 0.25) is 0 Å². The lowest BCUT2D eigenvalue weighted by Crippen LogP contribution is -2.42. The summed E-state index contributed by atoms with van der Waals surface area (Å²) in [5.41, 5.74) is 5.19. The van der Waals surface area contributed by atoms with Crippen LogP contribution in [0.4, 0.5) is 0 Å². The summed E-state index contributed by atoms with van der Waals surface area (Å²) in [4.78, 5) is 4.61. The normalized spacial score (nSPS) is 32.4. The van der Waals surface area contributed by atoms with Crippen LogP contribution in [0, 0.1) is 0 Å². The highest BCUT2D eigenvalue weighted by atomic mass is 16.5. The number of nitrogens with two attached hydrogens (primary N) is 1. The van der Waals surface area contributed by atoms with Gasteiger partial charge >= 0.3 is 0 Å². The van der Waals surface area contributed by atoms with E-state index in [1.54, 1.807) is 0 Å². The van der Waals surface area contributed by atoms with Crippen molar-refractivity contribution in [1.82, 2.24) is 10.1 Å². The first-order valence-electron chi connectivity index (χ1n) is 7.50. The quantitative estimate of drug-likeness (QED) is 0.875. The van der Waals surface area contributed by atoms with Crippen molar-refractivity contribution in [3.05, 3.63) is 11.7 Å². The molecule has 3 heterocycles. The van der Waals surface area contributed by atoms with Crippen LogP contribution in [0.3, 0.4) is 0 Å². The van der Waals surface area contributed by atoms with Crippen LogP contribution in [0.5, 0.6) is 0 Å². The van der Waals surface area contributed by atoms with Gasteiger partial charge in [0.2, 0.25) is 11.7 Å². The standard InChI is InChI=1S/C14H23N3O4/c1-3-20-14(4-6-18-7-5-14)11-16-12(21-17-11)13(2)9-19-8-10(13)15/h10H,3-9,15H2,1-2H3. The molecule has 21 heavy (non-hydrogen) atoms. The fourth-order valence-corrected chi connectivity index (χ4v) is 2.96. The van der Waals surface area contributed by atoms with Gasteiger partial charge in [-0.1, -0.05) is 5.16 Å². The Morgan fingerprint density at radius 1 is 1.33 bits per heavy atom. The minimum Gasteiger partial charge on any atom is -0.381 e. The van der Waals surface area contributed by atoms with Crippen LogP contribution < -0.4 is 5.73 Å². The van der Waals surface area contributed by atoms with Gasteiger partial charge in [0.05, 0.1) is 18.6 Å². The minimum atomic E-state index is -0.505. The van der Waals surface area contributed by atoms with Gasteiger partial charge in [-0.2, -0.15) is 4.98 Å². The number of nitrogens with zero attached hydrogens (tertiary/aromatic N) is 2. The van der Waals surface area contributed by atoms with Gasteiger partial charge in [-0.05, 0) is 13.8 Å². The Balaban J connectivity index is 1.89. The summed E-state index contributed by atoms with van der Waals surface area (Å²) >= 11 is 0. The van der Waals surface area contributed by atoms with Crippen molar-refractivity contribution < 1.29 is 18.7 Å². The first kappa shape index (κ1) is 14.9. The highest BCUT2D eigenvalue weighted by molar-refractivity contribution is 5.14. The molecule has 0 spiro atoms. The van der Waals surface area contributed by atoms with Crippen LogP contribution in [-0.4, -0.2) is 49.2 Å². The van der Waals surface area contributed by atoms with Gasteiger partial charge in [-0.25, -0.2) is 0 Å². The Labute approximate surface area is 124 Å². The fraction of sp³-hybridized carbons (Fsp3) is 0.857. The highest BCUT2D eigenvalue weighted by Gasteiger charge is 2.46. The molecule has 1 aromatic rings. The van der Waals surface area contributed by atoms with E-state index in [1.165, 1.54) is 0 Å². The molecule has 0 bridgehead atoms. The van der Waals surface area contributed by atoms with E-state index in [1.807, 2.05) is 13.8 Å².